The summed E-state index contributed by atoms with van der Waals surface area (Å²) in [4.78, 5) is 67.7. The van der Waals surface area contributed by atoms with Crippen LogP contribution in [0.5, 0.6) is 11.5 Å². The lowest BCUT2D eigenvalue weighted by Crippen LogP contribution is -2.42. The van der Waals surface area contributed by atoms with Crippen molar-refractivity contribution in [2.24, 2.45) is 29.6 Å². The third kappa shape index (κ3) is 5.24. The number of rotatable bonds is 12. The molecule has 2 aliphatic heterocycles. The number of carboxylic acids is 1. The Morgan fingerprint density at radius 3 is 2.56 bits per heavy atom. The monoisotopic (exact) mass is 630 g/mol. The van der Waals surface area contributed by atoms with Crippen molar-refractivity contribution < 1.29 is 38.5 Å². The van der Waals surface area contributed by atoms with E-state index in [4.69, 9.17) is 19.3 Å². The maximum Gasteiger partial charge on any atom is 0.344 e. The van der Waals surface area contributed by atoms with Crippen LogP contribution in [0, 0.1) is 29.6 Å². The van der Waals surface area contributed by atoms with Crippen molar-refractivity contribution in [3.05, 3.63) is 38.3 Å². The number of H-pyrrole nitrogens is 1. The lowest BCUT2D eigenvalue weighted by molar-refractivity contribution is -0.145. The van der Waals surface area contributed by atoms with Gasteiger partial charge in [0.05, 0.1) is 30.6 Å². The van der Waals surface area contributed by atoms with Gasteiger partial charge in [-0.05, 0) is 61.6 Å². The number of amides is 2. The molecule has 0 spiro atoms. The quantitative estimate of drug-likeness (QED) is 0.202. The van der Waals surface area contributed by atoms with Gasteiger partial charge in [0.15, 0.2) is 18.1 Å². The molecule has 230 valence electrons. The topological polar surface area (TPSA) is 152 Å². The minimum Gasteiger partial charge on any atom is -0.493 e. The van der Waals surface area contributed by atoms with E-state index in [0.29, 0.717) is 37.3 Å². The molecule has 1 aromatic carbocycles. The molecule has 4 aliphatic rings. The number of nitrogens with zero attached hydrogens (tertiary/aromatic N) is 1. The van der Waals surface area contributed by atoms with E-state index < -0.39 is 11.9 Å². The summed E-state index contributed by atoms with van der Waals surface area (Å²) in [5.41, 5.74) is 0.920. The van der Waals surface area contributed by atoms with Crippen LogP contribution in [0.25, 0.3) is 0 Å². The minimum atomic E-state index is -0.847. The van der Waals surface area contributed by atoms with Gasteiger partial charge in [-0.25, -0.2) is 4.79 Å². The van der Waals surface area contributed by atoms with Gasteiger partial charge >= 0.3 is 16.8 Å². The third-order valence-electron chi connectivity index (χ3n) is 9.29. The van der Waals surface area contributed by atoms with Gasteiger partial charge in [-0.3, -0.25) is 24.1 Å². The lowest BCUT2D eigenvalue weighted by Gasteiger charge is -2.43. The van der Waals surface area contributed by atoms with Crippen LogP contribution in [0.2, 0.25) is 0 Å². The van der Waals surface area contributed by atoms with Crippen molar-refractivity contribution >= 4 is 46.9 Å². The van der Waals surface area contributed by atoms with Crippen molar-refractivity contribution in [3.8, 4) is 11.5 Å². The van der Waals surface area contributed by atoms with Crippen molar-refractivity contribution in [1.29, 1.82) is 0 Å². The number of esters is 1. The minimum absolute atomic E-state index is 0.0120. The van der Waals surface area contributed by atoms with E-state index in [9.17, 15) is 24.0 Å². The Bertz CT molecular complexity index is 1500. The molecule has 6 rings (SSSR count). The van der Waals surface area contributed by atoms with E-state index in [1.807, 2.05) is 12.1 Å². The van der Waals surface area contributed by atoms with E-state index in [-0.39, 0.29) is 77.1 Å². The Kier molecular flexibility index (Phi) is 8.29. The number of aromatic nitrogens is 1. The fraction of sp³-hybridized carbons (Fsp3) is 0.567. The average molecular weight is 631 g/mol. The summed E-state index contributed by atoms with van der Waals surface area (Å²) in [6, 6.07) is 5.55. The zero-order chi connectivity index (χ0) is 30.4. The number of likely N-dealkylation sites (tertiary alicyclic amines) is 1. The zero-order valence-corrected chi connectivity index (χ0v) is 25.5. The summed E-state index contributed by atoms with van der Waals surface area (Å²) in [5.74, 6) is -1.57. The number of ether oxygens (including phenoxy) is 3. The molecule has 7 atom stereocenters. The SMILES string of the molecule is CCOC(=O)COc1ccc([C@H]2c3sc(=O)[nH]c3SC3C4CC(C5C(=O)N(CCCCCC(=O)O)C(=O)C45)C32)cc1OC. The van der Waals surface area contributed by atoms with E-state index in [1.165, 1.54) is 23.3 Å². The van der Waals surface area contributed by atoms with E-state index in [1.54, 1.807) is 24.8 Å². The predicted molar refractivity (Wildman–Crippen MR) is 156 cm³/mol. The zero-order valence-electron chi connectivity index (χ0n) is 23.9. The molecule has 11 nitrogen and oxygen atoms in total. The highest BCUT2D eigenvalue weighted by Gasteiger charge is 2.69. The number of imide groups is 1. The van der Waals surface area contributed by atoms with Crippen molar-refractivity contribution in [1.82, 2.24) is 9.88 Å². The Labute approximate surface area is 256 Å². The van der Waals surface area contributed by atoms with Crippen LogP contribution in [-0.2, 0) is 23.9 Å². The molecular weight excluding hydrogens is 596 g/mol. The molecule has 2 bridgehead atoms. The van der Waals surface area contributed by atoms with Crippen LogP contribution in [0.1, 0.15) is 55.4 Å². The predicted octanol–water partition coefficient (Wildman–Crippen LogP) is 3.51. The van der Waals surface area contributed by atoms with E-state index in [2.05, 4.69) is 4.98 Å². The highest BCUT2D eigenvalue weighted by molar-refractivity contribution is 8.00. The summed E-state index contributed by atoms with van der Waals surface area (Å²) in [6.07, 6.45) is 2.61. The number of nitrogens with one attached hydrogen (secondary N) is 1. The van der Waals surface area contributed by atoms with Crippen molar-refractivity contribution in [2.45, 2.75) is 55.2 Å². The summed E-state index contributed by atoms with van der Waals surface area (Å²) in [6.45, 7) is 2.05. The fourth-order valence-electron chi connectivity index (χ4n) is 7.73. The smallest absolute Gasteiger partial charge is 0.344 e. The van der Waals surface area contributed by atoms with Crippen LogP contribution in [0.4, 0.5) is 0 Å². The van der Waals surface area contributed by atoms with Crippen LogP contribution in [-0.4, -0.2) is 70.9 Å². The molecule has 2 amide bonds. The maximum absolute atomic E-state index is 13.7. The first kappa shape index (κ1) is 29.7. The van der Waals surface area contributed by atoms with Crippen molar-refractivity contribution in [2.75, 3.05) is 26.9 Å². The highest BCUT2D eigenvalue weighted by Crippen LogP contribution is 2.68. The van der Waals surface area contributed by atoms with Gasteiger partial charge in [0, 0.05) is 29.0 Å². The number of hydrogen-bond donors (Lipinski definition) is 2. The Morgan fingerprint density at radius 1 is 1.07 bits per heavy atom. The molecule has 2 N–H and O–H groups in total. The molecule has 6 unspecified atom stereocenters. The molecule has 3 fully saturated rings. The number of carbonyl (C=O) groups excluding carboxylic acids is 3. The van der Waals surface area contributed by atoms with Crippen LogP contribution < -0.4 is 14.3 Å². The Hall–Kier alpha value is -3.32. The molecule has 2 aliphatic carbocycles. The number of benzene rings is 1. The molecule has 2 saturated carbocycles. The van der Waals surface area contributed by atoms with Gasteiger partial charge in [-0.2, -0.15) is 0 Å². The number of fused-ring (bicyclic) bond motifs is 9. The standard InChI is InChI=1S/C30H34N2O9S2/c1-3-40-20(35)13-41-17-9-8-14(11-18(17)39-2)21-22-15-12-16(25(22)42-27-26(21)43-30(38)31-27)24-23(15)28(36)32(29(24)37)10-6-4-5-7-19(33)34/h8-9,11,15-16,21-25H,3-7,10,12-13H2,1-2H3,(H,31,38)(H,33,34)/t15?,16?,21-,22?,23?,24?,25?/m1/s1. The van der Waals surface area contributed by atoms with Crippen LogP contribution in [0.15, 0.2) is 28.0 Å². The second-order valence-corrected chi connectivity index (χ2v) is 13.7. The number of aromatic amines is 1. The van der Waals surface area contributed by atoms with Gasteiger partial charge < -0.3 is 24.3 Å². The van der Waals surface area contributed by atoms with Gasteiger partial charge in [0.25, 0.3) is 0 Å². The average Bonchev–Trinajstić information content (AvgIpc) is 3.71. The molecular formula is C30H34N2O9S2. The van der Waals surface area contributed by atoms with E-state index >= 15 is 0 Å². The second-order valence-electron chi connectivity index (χ2n) is 11.5. The number of carbonyl (C=O) groups is 4. The first-order chi connectivity index (χ1) is 20.7. The number of carboxylic acid groups (broad SMARTS) is 1. The molecule has 1 saturated heterocycles. The molecule has 0 radical (unpaired) electrons. The first-order valence-electron chi connectivity index (χ1n) is 14.7. The molecule has 43 heavy (non-hydrogen) atoms. The second kappa shape index (κ2) is 12.0. The van der Waals surface area contributed by atoms with Gasteiger partial charge in [-0.1, -0.05) is 23.8 Å². The van der Waals surface area contributed by atoms with Crippen LogP contribution >= 0.6 is 23.1 Å². The fourth-order valence-corrected chi connectivity index (χ4v) is 10.6. The normalized spacial score (nSPS) is 28.4. The van der Waals surface area contributed by atoms with Crippen LogP contribution in [0.3, 0.4) is 0 Å². The number of aliphatic carboxylic acids is 1. The lowest BCUT2D eigenvalue weighted by atomic mass is 9.68. The summed E-state index contributed by atoms with van der Waals surface area (Å²) < 4.78 is 16.3. The summed E-state index contributed by atoms with van der Waals surface area (Å²) in [7, 11) is 1.52. The first-order valence-corrected chi connectivity index (χ1v) is 16.4. The summed E-state index contributed by atoms with van der Waals surface area (Å²) >= 11 is 2.81. The third-order valence-corrected chi connectivity index (χ3v) is 11.9. The number of thioether (sulfide) groups is 1. The number of hydrogen-bond acceptors (Lipinski definition) is 10. The largest absolute Gasteiger partial charge is 0.493 e. The molecule has 1 aromatic heterocycles. The molecule has 2 aromatic rings. The Morgan fingerprint density at radius 2 is 1.84 bits per heavy atom. The molecule has 3 heterocycles. The number of thiazole rings is 1. The van der Waals surface area contributed by atoms with E-state index in [0.717, 1.165) is 21.9 Å². The maximum atomic E-state index is 13.7. The van der Waals surface area contributed by atoms with Gasteiger partial charge in [-0.15, -0.1) is 11.8 Å². The molecule has 13 heteroatoms. The number of unbranched alkanes of at least 4 members (excludes halogenated alkanes) is 2. The van der Waals surface area contributed by atoms with Gasteiger partial charge in [0.1, 0.15) is 0 Å². The number of methoxy groups -OCH3 is 1. The van der Waals surface area contributed by atoms with Gasteiger partial charge in [0.2, 0.25) is 11.8 Å². The van der Waals surface area contributed by atoms with Crippen molar-refractivity contribution in [3.63, 3.8) is 0 Å². The summed E-state index contributed by atoms with van der Waals surface area (Å²) in [5, 5.41) is 9.77. The Balaban J connectivity index is 1.27. The highest BCUT2D eigenvalue weighted by atomic mass is 32.2.